The van der Waals surface area contributed by atoms with Crippen molar-refractivity contribution in [3.8, 4) is 17.6 Å². The maximum atomic E-state index is 14.1. The third-order valence-electron chi connectivity index (χ3n) is 7.78. The van der Waals surface area contributed by atoms with E-state index in [-0.39, 0.29) is 18.1 Å². The summed E-state index contributed by atoms with van der Waals surface area (Å²) in [5, 5.41) is 12.4. The maximum absolute atomic E-state index is 14.1. The molecule has 0 bridgehead atoms. The Morgan fingerprint density at radius 1 is 0.979 bits per heavy atom. The molecule has 47 heavy (non-hydrogen) atoms. The van der Waals surface area contributed by atoms with E-state index in [2.05, 4.69) is 11.4 Å². The summed E-state index contributed by atoms with van der Waals surface area (Å²) < 4.78 is 14.0. The first-order valence-corrected chi connectivity index (χ1v) is 16.0. The van der Waals surface area contributed by atoms with Crippen molar-refractivity contribution in [3.63, 3.8) is 0 Å². The molecular weight excluding hydrogens is 609 g/mol. The van der Waals surface area contributed by atoms with Crippen molar-refractivity contribution in [2.75, 3.05) is 11.9 Å². The van der Waals surface area contributed by atoms with Gasteiger partial charge in [0, 0.05) is 11.3 Å². The summed E-state index contributed by atoms with van der Waals surface area (Å²) in [6, 6.07) is 31.4. The summed E-state index contributed by atoms with van der Waals surface area (Å²) in [6.07, 6.45) is 1.80. The Kier molecular flexibility index (Phi) is 9.13. The number of aryl methyl sites for hydroxylation is 1. The molecule has 0 saturated heterocycles. The van der Waals surface area contributed by atoms with E-state index in [1.807, 2.05) is 98.8 Å². The molecule has 0 unspecified atom stereocenters. The Morgan fingerprint density at radius 3 is 2.47 bits per heavy atom. The van der Waals surface area contributed by atoms with Crippen molar-refractivity contribution in [2.45, 2.75) is 33.4 Å². The van der Waals surface area contributed by atoms with Gasteiger partial charge in [0.05, 0.1) is 40.1 Å². The molecule has 0 spiro atoms. The number of nitriles is 1. The molecule has 234 valence electrons. The van der Waals surface area contributed by atoms with Gasteiger partial charge in [0.15, 0.2) is 16.3 Å². The molecule has 8 nitrogen and oxygen atoms in total. The Balaban J connectivity index is 1.38. The number of allylic oxidation sites excluding steroid dienone is 1. The van der Waals surface area contributed by atoms with E-state index in [0.717, 1.165) is 22.3 Å². The van der Waals surface area contributed by atoms with E-state index in [1.165, 1.54) is 11.3 Å². The van der Waals surface area contributed by atoms with Crippen LogP contribution < -0.4 is 29.7 Å². The van der Waals surface area contributed by atoms with Crippen LogP contribution in [0, 0.1) is 18.3 Å². The Hall–Kier alpha value is -5.72. The second-order valence-electron chi connectivity index (χ2n) is 11.0. The van der Waals surface area contributed by atoms with E-state index in [9.17, 15) is 14.9 Å². The van der Waals surface area contributed by atoms with Crippen LogP contribution in [-0.2, 0) is 11.4 Å². The average molecular weight is 641 g/mol. The SMILES string of the molecule is CCOc1cc(/C=c2/sc3n(c2=O)[C@@H](c2ccc(C)cc2)C(C(=O)Nc2ccccc2)=C(C)N=3)ccc1OCc1ccccc1C#N. The fourth-order valence-corrected chi connectivity index (χ4v) is 6.51. The fraction of sp³-hybridized carbons (Fsp3) is 0.158. The summed E-state index contributed by atoms with van der Waals surface area (Å²) in [5.41, 5.74) is 5.33. The van der Waals surface area contributed by atoms with E-state index in [4.69, 9.17) is 14.5 Å². The normalized spacial score (nSPS) is 14.2. The summed E-state index contributed by atoms with van der Waals surface area (Å²) in [5.74, 6) is 0.741. The molecule has 6 rings (SSSR count). The lowest BCUT2D eigenvalue weighted by molar-refractivity contribution is -0.113. The third kappa shape index (κ3) is 6.64. The molecule has 9 heteroatoms. The van der Waals surface area contributed by atoms with Crippen LogP contribution in [0.15, 0.2) is 118 Å². The number of thiazole rings is 1. The number of anilines is 1. The minimum Gasteiger partial charge on any atom is -0.490 e. The molecule has 0 radical (unpaired) electrons. The first-order chi connectivity index (χ1) is 22.9. The molecule has 1 aliphatic rings. The molecule has 1 atom stereocenters. The highest BCUT2D eigenvalue weighted by atomic mass is 32.1. The second kappa shape index (κ2) is 13.7. The van der Waals surface area contributed by atoms with Crippen LogP contribution in [0.5, 0.6) is 11.5 Å². The van der Waals surface area contributed by atoms with Gasteiger partial charge in [-0.2, -0.15) is 5.26 Å². The number of fused-ring (bicyclic) bond motifs is 1. The Morgan fingerprint density at radius 2 is 1.72 bits per heavy atom. The molecule has 2 heterocycles. The van der Waals surface area contributed by atoms with Gasteiger partial charge in [0.1, 0.15) is 6.61 Å². The Bertz CT molecular complexity index is 2210. The standard InChI is InChI=1S/C38H32N4O4S/c1-4-45-32-20-26(16-19-31(32)46-23-29-11-9-8-10-28(29)22-39)21-33-37(44)42-35(27-17-14-24(2)15-18-27)34(25(3)40-38(42)47-33)36(43)41-30-12-6-5-7-13-30/h5-21,35H,4,23H2,1-3H3,(H,41,43)/b33-21+/t35-/m0/s1. The molecule has 0 aliphatic carbocycles. The van der Waals surface area contributed by atoms with Crippen molar-refractivity contribution in [1.82, 2.24) is 4.57 Å². The van der Waals surface area contributed by atoms with Crippen LogP contribution in [0.3, 0.4) is 0 Å². The lowest BCUT2D eigenvalue weighted by Gasteiger charge is -2.25. The average Bonchev–Trinajstić information content (AvgIpc) is 3.38. The van der Waals surface area contributed by atoms with Crippen LogP contribution in [-0.4, -0.2) is 17.1 Å². The van der Waals surface area contributed by atoms with Gasteiger partial charge < -0.3 is 14.8 Å². The quantitative estimate of drug-likeness (QED) is 0.212. The molecule has 0 fully saturated rings. The number of nitrogens with one attached hydrogen (secondary N) is 1. The van der Waals surface area contributed by atoms with Gasteiger partial charge in [0.2, 0.25) is 0 Å². The number of hydrogen-bond acceptors (Lipinski definition) is 7. The predicted octanol–water partition coefficient (Wildman–Crippen LogP) is 6.03. The van der Waals surface area contributed by atoms with Gasteiger partial charge in [-0.3, -0.25) is 14.2 Å². The number of carbonyl (C=O) groups is 1. The number of ether oxygens (including phenoxy) is 2. The minimum atomic E-state index is -0.663. The number of carbonyl (C=O) groups excluding carboxylic acids is 1. The van der Waals surface area contributed by atoms with Crippen LogP contribution in [0.4, 0.5) is 5.69 Å². The first-order valence-electron chi connectivity index (χ1n) is 15.2. The van der Waals surface area contributed by atoms with Gasteiger partial charge in [-0.1, -0.05) is 83.6 Å². The highest BCUT2D eigenvalue weighted by Gasteiger charge is 2.32. The van der Waals surface area contributed by atoms with Crippen molar-refractivity contribution in [1.29, 1.82) is 5.26 Å². The highest BCUT2D eigenvalue weighted by molar-refractivity contribution is 7.07. The summed E-state index contributed by atoms with van der Waals surface area (Å²) in [4.78, 5) is 33.2. The van der Waals surface area contributed by atoms with Crippen LogP contribution in [0.1, 0.15) is 47.7 Å². The van der Waals surface area contributed by atoms with Crippen molar-refractivity contribution in [2.24, 2.45) is 4.99 Å². The van der Waals surface area contributed by atoms with Crippen molar-refractivity contribution >= 4 is 29.0 Å². The van der Waals surface area contributed by atoms with E-state index >= 15 is 0 Å². The number of amides is 1. The maximum Gasteiger partial charge on any atom is 0.271 e. The molecule has 1 N–H and O–H groups in total. The number of benzene rings is 4. The number of aromatic nitrogens is 1. The molecule has 1 amide bonds. The van der Waals surface area contributed by atoms with E-state index in [0.29, 0.717) is 50.0 Å². The predicted molar refractivity (Wildman–Crippen MR) is 183 cm³/mol. The van der Waals surface area contributed by atoms with Crippen LogP contribution in [0.25, 0.3) is 6.08 Å². The highest BCUT2D eigenvalue weighted by Crippen LogP contribution is 2.32. The van der Waals surface area contributed by atoms with Gasteiger partial charge in [-0.15, -0.1) is 0 Å². The summed E-state index contributed by atoms with van der Waals surface area (Å²) >= 11 is 1.27. The zero-order valence-corrected chi connectivity index (χ0v) is 27.0. The summed E-state index contributed by atoms with van der Waals surface area (Å²) in [7, 11) is 0. The van der Waals surface area contributed by atoms with E-state index in [1.54, 1.807) is 29.7 Å². The van der Waals surface area contributed by atoms with Gasteiger partial charge in [-0.25, -0.2) is 4.99 Å². The molecule has 1 aliphatic heterocycles. The smallest absolute Gasteiger partial charge is 0.271 e. The fourth-order valence-electron chi connectivity index (χ4n) is 5.46. The van der Waals surface area contributed by atoms with Gasteiger partial charge >= 0.3 is 0 Å². The van der Waals surface area contributed by atoms with E-state index < -0.39 is 6.04 Å². The number of nitrogens with zero attached hydrogens (tertiary/aromatic N) is 3. The number of hydrogen-bond donors (Lipinski definition) is 1. The molecule has 0 saturated carbocycles. The van der Waals surface area contributed by atoms with Crippen molar-refractivity contribution < 1.29 is 14.3 Å². The molecule has 4 aromatic carbocycles. The van der Waals surface area contributed by atoms with Gasteiger partial charge in [0.25, 0.3) is 11.5 Å². The number of para-hydroxylation sites is 1. The van der Waals surface area contributed by atoms with Gasteiger partial charge in [-0.05, 0) is 68.3 Å². The number of rotatable bonds is 9. The topological polar surface area (TPSA) is 106 Å². The van der Waals surface area contributed by atoms with Crippen LogP contribution in [0.2, 0.25) is 0 Å². The lowest BCUT2D eigenvalue weighted by Crippen LogP contribution is -2.40. The molecular formula is C38H32N4O4S. The second-order valence-corrected chi connectivity index (χ2v) is 12.0. The zero-order chi connectivity index (χ0) is 32.9. The monoisotopic (exact) mass is 640 g/mol. The van der Waals surface area contributed by atoms with Crippen LogP contribution >= 0.6 is 11.3 Å². The largest absolute Gasteiger partial charge is 0.490 e. The minimum absolute atomic E-state index is 0.209. The lowest BCUT2D eigenvalue weighted by atomic mass is 9.94. The first kappa shape index (κ1) is 31.3. The summed E-state index contributed by atoms with van der Waals surface area (Å²) in [6.45, 7) is 6.32. The van der Waals surface area contributed by atoms with Crippen molar-refractivity contribution in [3.05, 3.63) is 156 Å². The third-order valence-corrected chi connectivity index (χ3v) is 8.76. The zero-order valence-electron chi connectivity index (χ0n) is 26.2. The Labute approximate surface area is 276 Å². The molecule has 1 aromatic heterocycles. The molecule has 5 aromatic rings.